The molecule has 1 aromatic heterocycles. The van der Waals surface area contributed by atoms with E-state index in [0.717, 1.165) is 24.8 Å². The lowest BCUT2D eigenvalue weighted by Crippen LogP contribution is -2.04. The van der Waals surface area contributed by atoms with Gasteiger partial charge in [0.05, 0.1) is 13.2 Å². The fourth-order valence-corrected chi connectivity index (χ4v) is 1.37. The highest BCUT2D eigenvalue weighted by Crippen LogP contribution is 2.19. The summed E-state index contributed by atoms with van der Waals surface area (Å²) in [5, 5.41) is 0. The van der Waals surface area contributed by atoms with Gasteiger partial charge in [-0.2, -0.15) is 4.98 Å². The quantitative estimate of drug-likeness (QED) is 0.714. The number of hydrogen-bond acceptors (Lipinski definition) is 4. The maximum Gasteiger partial charge on any atom is 0.319 e. The van der Waals surface area contributed by atoms with Gasteiger partial charge in [-0.05, 0) is 26.7 Å². The standard InChI is InChI=1S/C12H20N2O2/c1-4-7-8-10-9-13-12(16-6-3)14-11(10)15-5-2/h9H,4-8H2,1-3H3. The van der Waals surface area contributed by atoms with Gasteiger partial charge in [-0.1, -0.05) is 13.3 Å². The predicted octanol–water partition coefficient (Wildman–Crippen LogP) is 2.62. The Balaban J connectivity index is 2.80. The molecule has 0 saturated carbocycles. The number of rotatable bonds is 7. The lowest BCUT2D eigenvalue weighted by atomic mass is 10.1. The molecule has 16 heavy (non-hydrogen) atoms. The molecule has 0 saturated heterocycles. The number of aryl methyl sites for hydroxylation is 1. The third-order valence-corrected chi connectivity index (χ3v) is 2.16. The second-order valence-corrected chi connectivity index (χ2v) is 3.45. The van der Waals surface area contributed by atoms with Crippen LogP contribution in [0.1, 0.15) is 39.2 Å². The highest BCUT2D eigenvalue weighted by atomic mass is 16.5. The molecule has 0 N–H and O–H groups in total. The summed E-state index contributed by atoms with van der Waals surface area (Å²) in [5.41, 5.74) is 1.06. The average molecular weight is 224 g/mol. The number of ether oxygens (including phenoxy) is 2. The van der Waals surface area contributed by atoms with Crippen LogP contribution in [0.4, 0.5) is 0 Å². The van der Waals surface area contributed by atoms with E-state index in [1.807, 2.05) is 13.8 Å². The van der Waals surface area contributed by atoms with E-state index in [1.54, 1.807) is 6.20 Å². The molecule has 0 bridgehead atoms. The van der Waals surface area contributed by atoms with Gasteiger partial charge < -0.3 is 9.47 Å². The van der Waals surface area contributed by atoms with Crippen LogP contribution in [0, 0.1) is 0 Å². The van der Waals surface area contributed by atoms with Crippen molar-refractivity contribution in [3.05, 3.63) is 11.8 Å². The number of nitrogens with zero attached hydrogens (tertiary/aromatic N) is 2. The van der Waals surface area contributed by atoms with Gasteiger partial charge in [0.1, 0.15) is 0 Å². The molecule has 1 heterocycles. The monoisotopic (exact) mass is 224 g/mol. The summed E-state index contributed by atoms with van der Waals surface area (Å²) in [5.74, 6) is 0.661. The minimum atomic E-state index is 0.395. The summed E-state index contributed by atoms with van der Waals surface area (Å²) in [4.78, 5) is 8.40. The van der Waals surface area contributed by atoms with Crippen molar-refractivity contribution in [1.29, 1.82) is 0 Å². The van der Waals surface area contributed by atoms with Crippen LogP contribution in [0.2, 0.25) is 0 Å². The van der Waals surface area contributed by atoms with Gasteiger partial charge >= 0.3 is 6.01 Å². The molecule has 0 aromatic carbocycles. The predicted molar refractivity (Wildman–Crippen MR) is 63.0 cm³/mol. The van der Waals surface area contributed by atoms with Gasteiger partial charge in [0, 0.05) is 11.8 Å². The molecule has 0 aliphatic heterocycles. The van der Waals surface area contributed by atoms with E-state index >= 15 is 0 Å². The van der Waals surface area contributed by atoms with E-state index in [2.05, 4.69) is 16.9 Å². The molecule has 4 nitrogen and oxygen atoms in total. The summed E-state index contributed by atoms with van der Waals surface area (Å²) in [6, 6.07) is 0.395. The molecule has 0 spiro atoms. The molecular weight excluding hydrogens is 204 g/mol. The molecule has 0 atom stereocenters. The summed E-state index contributed by atoms with van der Waals surface area (Å²) in [7, 11) is 0. The Kier molecular flexibility index (Phi) is 5.61. The average Bonchev–Trinajstić information content (AvgIpc) is 2.29. The van der Waals surface area contributed by atoms with Crippen molar-refractivity contribution in [2.45, 2.75) is 40.0 Å². The Hall–Kier alpha value is -1.32. The molecule has 0 fully saturated rings. The van der Waals surface area contributed by atoms with Crippen molar-refractivity contribution in [1.82, 2.24) is 9.97 Å². The van der Waals surface area contributed by atoms with E-state index in [1.165, 1.54) is 0 Å². The van der Waals surface area contributed by atoms with Crippen molar-refractivity contribution in [2.24, 2.45) is 0 Å². The molecule has 0 amide bonds. The smallest absolute Gasteiger partial charge is 0.319 e. The first-order chi connectivity index (χ1) is 7.81. The first kappa shape index (κ1) is 12.7. The molecule has 0 unspecified atom stereocenters. The lowest BCUT2D eigenvalue weighted by molar-refractivity contribution is 0.286. The Morgan fingerprint density at radius 3 is 2.50 bits per heavy atom. The molecule has 0 aliphatic carbocycles. The third kappa shape index (κ3) is 3.68. The summed E-state index contributed by atoms with van der Waals surface area (Å²) < 4.78 is 10.7. The number of hydrogen-bond donors (Lipinski definition) is 0. The van der Waals surface area contributed by atoms with Gasteiger partial charge in [-0.25, -0.2) is 4.98 Å². The molecule has 0 aliphatic rings. The van der Waals surface area contributed by atoms with Crippen LogP contribution in [0.5, 0.6) is 11.9 Å². The fourth-order valence-electron chi connectivity index (χ4n) is 1.37. The lowest BCUT2D eigenvalue weighted by Gasteiger charge is -2.09. The maximum absolute atomic E-state index is 5.49. The number of unbranched alkanes of at least 4 members (excludes halogenated alkanes) is 1. The highest BCUT2D eigenvalue weighted by molar-refractivity contribution is 5.25. The van der Waals surface area contributed by atoms with Crippen molar-refractivity contribution in [3.8, 4) is 11.9 Å². The zero-order valence-corrected chi connectivity index (χ0v) is 10.3. The topological polar surface area (TPSA) is 44.2 Å². The zero-order valence-electron chi connectivity index (χ0n) is 10.3. The van der Waals surface area contributed by atoms with Crippen LogP contribution in [-0.4, -0.2) is 23.2 Å². The van der Waals surface area contributed by atoms with Crippen LogP contribution in [0.3, 0.4) is 0 Å². The van der Waals surface area contributed by atoms with Crippen molar-refractivity contribution in [3.63, 3.8) is 0 Å². The fraction of sp³-hybridized carbons (Fsp3) is 0.667. The van der Waals surface area contributed by atoms with E-state index in [4.69, 9.17) is 9.47 Å². The van der Waals surface area contributed by atoms with E-state index in [0.29, 0.717) is 25.1 Å². The summed E-state index contributed by atoms with van der Waals surface area (Å²) in [6.45, 7) is 7.21. The van der Waals surface area contributed by atoms with E-state index < -0.39 is 0 Å². The van der Waals surface area contributed by atoms with Gasteiger partial charge in [-0.15, -0.1) is 0 Å². The largest absolute Gasteiger partial charge is 0.478 e. The van der Waals surface area contributed by atoms with Crippen LogP contribution in [-0.2, 0) is 6.42 Å². The SMILES string of the molecule is CCCCc1cnc(OCC)nc1OCC. The normalized spacial score (nSPS) is 10.2. The summed E-state index contributed by atoms with van der Waals surface area (Å²) >= 11 is 0. The van der Waals surface area contributed by atoms with Crippen LogP contribution >= 0.6 is 0 Å². The Morgan fingerprint density at radius 2 is 1.88 bits per heavy atom. The van der Waals surface area contributed by atoms with Crippen molar-refractivity contribution >= 4 is 0 Å². The minimum Gasteiger partial charge on any atom is -0.478 e. The Bertz CT molecular complexity index is 316. The second kappa shape index (κ2) is 7.04. The van der Waals surface area contributed by atoms with Gasteiger partial charge in [-0.3, -0.25) is 0 Å². The zero-order chi connectivity index (χ0) is 11.8. The van der Waals surface area contributed by atoms with Crippen molar-refractivity contribution < 1.29 is 9.47 Å². The highest BCUT2D eigenvalue weighted by Gasteiger charge is 2.08. The van der Waals surface area contributed by atoms with Gasteiger partial charge in [0.2, 0.25) is 5.88 Å². The maximum atomic E-state index is 5.49. The van der Waals surface area contributed by atoms with E-state index in [-0.39, 0.29) is 0 Å². The summed E-state index contributed by atoms with van der Waals surface area (Å²) in [6.07, 6.45) is 5.03. The molecular formula is C12H20N2O2. The van der Waals surface area contributed by atoms with Gasteiger partial charge in [0.25, 0.3) is 0 Å². The third-order valence-electron chi connectivity index (χ3n) is 2.16. The van der Waals surface area contributed by atoms with Crippen LogP contribution < -0.4 is 9.47 Å². The second-order valence-electron chi connectivity index (χ2n) is 3.45. The first-order valence-corrected chi connectivity index (χ1v) is 5.93. The van der Waals surface area contributed by atoms with E-state index in [9.17, 15) is 0 Å². The first-order valence-electron chi connectivity index (χ1n) is 5.93. The Labute approximate surface area is 97.0 Å². The molecule has 0 radical (unpaired) electrons. The Morgan fingerprint density at radius 1 is 1.12 bits per heavy atom. The molecule has 1 aromatic rings. The van der Waals surface area contributed by atoms with Gasteiger partial charge in [0.15, 0.2) is 0 Å². The van der Waals surface area contributed by atoms with Crippen LogP contribution in [0.25, 0.3) is 0 Å². The van der Waals surface area contributed by atoms with Crippen molar-refractivity contribution in [2.75, 3.05) is 13.2 Å². The molecule has 1 rings (SSSR count). The molecule has 4 heteroatoms. The number of aromatic nitrogens is 2. The molecule has 90 valence electrons. The van der Waals surface area contributed by atoms with Crippen LogP contribution in [0.15, 0.2) is 6.20 Å². The minimum absolute atomic E-state index is 0.395.